The Labute approximate surface area is 257 Å². The molecule has 3 saturated heterocycles. The van der Waals surface area contributed by atoms with Crippen LogP contribution < -0.4 is 15.0 Å². The van der Waals surface area contributed by atoms with E-state index in [0.29, 0.717) is 48.4 Å². The molecule has 3 aromatic rings. The van der Waals surface area contributed by atoms with Gasteiger partial charge in [-0.3, -0.25) is 14.6 Å². The molecule has 5 heterocycles. The molecule has 3 atom stereocenters. The Balaban J connectivity index is 0.970. The number of carbonyl (C=O) groups is 1. The zero-order chi connectivity index (χ0) is 30.6. The summed E-state index contributed by atoms with van der Waals surface area (Å²) in [4.78, 5) is 21.5. The lowest BCUT2D eigenvalue weighted by molar-refractivity contribution is -0.130. The third-order valence-corrected chi connectivity index (χ3v) is 8.83. The highest BCUT2D eigenvalue weighted by Gasteiger charge is 2.32. The number of piperazine rings is 1. The third-order valence-electron chi connectivity index (χ3n) is 8.83. The van der Waals surface area contributed by atoms with Gasteiger partial charge in [0.25, 0.3) is 5.88 Å². The molecule has 0 radical (unpaired) electrons. The third kappa shape index (κ3) is 6.90. The van der Waals surface area contributed by atoms with E-state index in [1.807, 2.05) is 32.2 Å². The number of nitrogens with one attached hydrogen (secondary N) is 1. The van der Waals surface area contributed by atoms with Crippen molar-refractivity contribution in [2.75, 3.05) is 76.2 Å². The van der Waals surface area contributed by atoms with Crippen molar-refractivity contribution in [3.63, 3.8) is 0 Å². The summed E-state index contributed by atoms with van der Waals surface area (Å²) >= 11 is 0. The van der Waals surface area contributed by atoms with Gasteiger partial charge in [-0.15, -0.1) is 10.2 Å². The number of rotatable bonds is 10. The van der Waals surface area contributed by atoms with Gasteiger partial charge in [-0.25, -0.2) is 0 Å². The summed E-state index contributed by atoms with van der Waals surface area (Å²) in [5.41, 5.74) is 2.32. The van der Waals surface area contributed by atoms with Crippen LogP contribution in [-0.4, -0.2) is 130 Å². The molecule has 2 aromatic heterocycles. The first-order chi connectivity index (χ1) is 21.4. The smallest absolute Gasteiger partial charge is 0.254 e. The number of anilines is 2. The van der Waals surface area contributed by atoms with Crippen molar-refractivity contribution in [3.05, 3.63) is 42.2 Å². The summed E-state index contributed by atoms with van der Waals surface area (Å²) in [6, 6.07) is 11.4. The lowest BCUT2D eigenvalue weighted by Crippen LogP contribution is -2.51. The number of carbonyl (C=O) groups excluding carboxylic acids is 1. The van der Waals surface area contributed by atoms with E-state index in [-0.39, 0.29) is 24.2 Å². The molecule has 3 aliphatic heterocycles. The van der Waals surface area contributed by atoms with Gasteiger partial charge in [-0.2, -0.15) is 0 Å². The van der Waals surface area contributed by atoms with E-state index in [2.05, 4.69) is 35.4 Å². The van der Waals surface area contributed by atoms with Crippen molar-refractivity contribution in [3.8, 4) is 22.9 Å². The number of phenolic OH excluding ortho intramolecular Hbond substituents is 1. The first kappa shape index (κ1) is 30.1. The lowest BCUT2D eigenvalue weighted by Gasteiger charge is -2.39. The van der Waals surface area contributed by atoms with Crippen LogP contribution in [0.5, 0.6) is 11.6 Å². The Morgan fingerprint density at radius 2 is 1.91 bits per heavy atom. The van der Waals surface area contributed by atoms with Crippen LogP contribution in [0.4, 0.5) is 11.5 Å². The van der Waals surface area contributed by atoms with E-state index in [0.717, 1.165) is 63.7 Å². The van der Waals surface area contributed by atoms with Crippen LogP contribution in [0.25, 0.3) is 11.3 Å². The van der Waals surface area contributed by atoms with Gasteiger partial charge in [0.2, 0.25) is 5.91 Å². The summed E-state index contributed by atoms with van der Waals surface area (Å²) in [6.45, 7) is 9.44. The van der Waals surface area contributed by atoms with E-state index >= 15 is 0 Å². The summed E-state index contributed by atoms with van der Waals surface area (Å²) < 4.78 is 11.4. The quantitative estimate of drug-likeness (QED) is 0.309. The second kappa shape index (κ2) is 13.4. The summed E-state index contributed by atoms with van der Waals surface area (Å²) in [5.74, 6) is 1.72. The van der Waals surface area contributed by atoms with Gasteiger partial charge in [0.1, 0.15) is 17.6 Å². The molecule has 3 N–H and O–H groups in total. The molecule has 13 heteroatoms. The Morgan fingerprint density at radius 3 is 2.66 bits per heavy atom. The number of β-amino-alcohol motifs (C(OH)–C–C–N with tert-alkyl or cyclic N) is 1. The van der Waals surface area contributed by atoms with Crippen molar-refractivity contribution in [2.24, 2.45) is 0 Å². The summed E-state index contributed by atoms with van der Waals surface area (Å²) in [6.07, 6.45) is 1.33. The number of hydrogen-bond donors (Lipinski definition) is 3. The number of ether oxygens (including phenoxy) is 1. The van der Waals surface area contributed by atoms with Gasteiger partial charge < -0.3 is 34.6 Å². The fourth-order valence-corrected chi connectivity index (χ4v) is 6.50. The van der Waals surface area contributed by atoms with E-state index in [4.69, 9.17) is 9.26 Å². The number of aliphatic hydroxyl groups excluding tert-OH is 1. The number of likely N-dealkylation sites (tertiary alicyclic amines) is 2. The second-order valence-corrected chi connectivity index (χ2v) is 12.0. The molecular weight excluding hydrogens is 564 g/mol. The normalized spacial score (nSPS) is 22.0. The number of para-hydroxylation sites is 1. The topological polar surface area (TPSA) is 144 Å². The monoisotopic (exact) mass is 606 g/mol. The molecule has 236 valence electrons. The Hall–Kier alpha value is -3.94. The minimum atomic E-state index is -0.440. The van der Waals surface area contributed by atoms with Crippen LogP contribution in [-0.2, 0) is 11.2 Å². The van der Waals surface area contributed by atoms with Crippen molar-refractivity contribution in [2.45, 2.75) is 44.4 Å². The lowest BCUT2D eigenvalue weighted by atomic mass is 10.1. The first-order valence-corrected chi connectivity index (χ1v) is 15.5. The maximum atomic E-state index is 12.4. The number of aromatic nitrogens is 3. The van der Waals surface area contributed by atoms with E-state index in [9.17, 15) is 15.0 Å². The molecule has 0 bridgehead atoms. The molecule has 1 amide bonds. The Morgan fingerprint density at radius 1 is 1.09 bits per heavy atom. The van der Waals surface area contributed by atoms with Crippen LogP contribution in [0.2, 0.25) is 0 Å². The minimum absolute atomic E-state index is 0.0709. The average Bonchev–Trinajstić information content (AvgIpc) is 3.79. The maximum Gasteiger partial charge on any atom is 0.254 e. The maximum absolute atomic E-state index is 12.4. The molecule has 3 fully saturated rings. The van der Waals surface area contributed by atoms with Crippen LogP contribution >= 0.6 is 0 Å². The van der Waals surface area contributed by atoms with Crippen LogP contribution in [0, 0.1) is 0 Å². The molecule has 13 nitrogen and oxygen atoms in total. The van der Waals surface area contributed by atoms with Crippen LogP contribution in [0.3, 0.4) is 0 Å². The number of aliphatic hydroxyl groups is 1. The van der Waals surface area contributed by atoms with Gasteiger partial charge in [0.15, 0.2) is 5.82 Å². The standard InChI is InChI=1S/C31H42N8O5/c1-21(43-29-15-24(44-35-29)16-30(42)39-10-8-23(40)20-39)18-36-9-7-22(19-36)37-11-13-38(14-12-37)27-17-26(33-34-31(27)32-2)25-5-3-4-6-28(25)41/h3-6,15,17,21-23,40-41H,7-14,16,18-20H2,1-2H3,(H,32,34)/t21-,22?,23-/m1/s1. The number of hydrogen-bond acceptors (Lipinski definition) is 12. The number of phenols is 1. The molecule has 1 aromatic carbocycles. The fourth-order valence-electron chi connectivity index (χ4n) is 6.50. The highest BCUT2D eigenvalue weighted by molar-refractivity contribution is 5.78. The molecule has 6 rings (SSSR count). The highest BCUT2D eigenvalue weighted by atomic mass is 16.5. The van der Waals surface area contributed by atoms with Gasteiger partial charge in [0, 0.05) is 77.1 Å². The molecule has 0 aliphatic carbocycles. The summed E-state index contributed by atoms with van der Waals surface area (Å²) in [5, 5.41) is 35.9. The van der Waals surface area contributed by atoms with Crippen molar-refractivity contribution < 1.29 is 24.3 Å². The van der Waals surface area contributed by atoms with Gasteiger partial charge in [-0.05, 0) is 49.7 Å². The average molecular weight is 607 g/mol. The van der Waals surface area contributed by atoms with Gasteiger partial charge in [0.05, 0.1) is 23.9 Å². The zero-order valence-corrected chi connectivity index (χ0v) is 25.4. The molecular formula is C31H42N8O5. The second-order valence-electron chi connectivity index (χ2n) is 12.0. The molecule has 0 saturated carbocycles. The number of benzene rings is 1. The SMILES string of the molecule is CNc1nnc(-c2ccccc2O)cc1N1CCN(C2CCN(C[C@@H](C)Oc3cc(CC(=O)N4CC[C@@H](O)C4)on3)C2)CC1. The number of amides is 1. The summed E-state index contributed by atoms with van der Waals surface area (Å²) in [7, 11) is 1.85. The van der Waals surface area contributed by atoms with Crippen LogP contribution in [0.1, 0.15) is 25.5 Å². The Bertz CT molecular complexity index is 1430. The van der Waals surface area contributed by atoms with Gasteiger partial charge >= 0.3 is 0 Å². The molecule has 44 heavy (non-hydrogen) atoms. The van der Waals surface area contributed by atoms with Crippen molar-refractivity contribution in [1.29, 1.82) is 0 Å². The molecule has 0 spiro atoms. The predicted octanol–water partition coefficient (Wildman–Crippen LogP) is 1.68. The van der Waals surface area contributed by atoms with Crippen molar-refractivity contribution in [1.82, 2.24) is 30.1 Å². The molecule has 1 unspecified atom stereocenters. The van der Waals surface area contributed by atoms with E-state index < -0.39 is 6.10 Å². The van der Waals surface area contributed by atoms with E-state index in [1.54, 1.807) is 23.1 Å². The van der Waals surface area contributed by atoms with Crippen LogP contribution in [0.15, 0.2) is 40.9 Å². The van der Waals surface area contributed by atoms with Crippen molar-refractivity contribution >= 4 is 17.4 Å². The number of nitrogens with zero attached hydrogens (tertiary/aromatic N) is 7. The minimum Gasteiger partial charge on any atom is -0.507 e. The zero-order valence-electron chi connectivity index (χ0n) is 25.4. The Kier molecular flexibility index (Phi) is 9.14. The fraction of sp³-hybridized carbons (Fsp3) is 0.548. The highest BCUT2D eigenvalue weighted by Crippen LogP contribution is 2.33. The predicted molar refractivity (Wildman–Crippen MR) is 165 cm³/mol. The number of aromatic hydroxyl groups is 1. The van der Waals surface area contributed by atoms with Gasteiger partial charge in [-0.1, -0.05) is 12.1 Å². The largest absolute Gasteiger partial charge is 0.507 e. The first-order valence-electron chi connectivity index (χ1n) is 15.5. The van der Waals surface area contributed by atoms with E-state index in [1.165, 1.54) is 0 Å². The molecule has 3 aliphatic rings.